The number of methoxy groups -OCH3 is 1. The van der Waals surface area contributed by atoms with E-state index in [9.17, 15) is 9.59 Å². The first-order chi connectivity index (χ1) is 5.75. The fraction of sp³-hybridized carbons (Fsp3) is 0.750. The lowest BCUT2D eigenvalue weighted by Gasteiger charge is -2.09. The molecule has 1 aliphatic rings. The van der Waals surface area contributed by atoms with Crippen LogP contribution >= 0.6 is 0 Å². The maximum atomic E-state index is 11.3. The van der Waals surface area contributed by atoms with Gasteiger partial charge in [0.25, 0.3) is 0 Å². The summed E-state index contributed by atoms with van der Waals surface area (Å²) in [6.45, 7) is 1.23. The van der Waals surface area contributed by atoms with E-state index in [1.54, 1.807) is 0 Å². The smallest absolute Gasteiger partial charge is 0.317 e. The lowest BCUT2D eigenvalue weighted by molar-refractivity contribution is -0.148. The zero-order chi connectivity index (χ0) is 8.97. The fourth-order valence-electron chi connectivity index (χ4n) is 1.28. The van der Waals surface area contributed by atoms with E-state index in [0.717, 1.165) is 13.0 Å². The summed E-state index contributed by atoms with van der Waals surface area (Å²) in [7, 11) is 1.31. The van der Waals surface area contributed by atoms with E-state index < -0.39 is 11.9 Å². The van der Waals surface area contributed by atoms with Crippen molar-refractivity contribution < 1.29 is 14.3 Å². The number of ketones is 1. The number of Topliss-reactive ketones (excluding diaryl/α,β-unsaturated/α-hetero) is 1. The minimum Gasteiger partial charge on any atom is -0.468 e. The van der Waals surface area contributed by atoms with Gasteiger partial charge >= 0.3 is 5.97 Å². The highest BCUT2D eigenvalue weighted by molar-refractivity contribution is 5.99. The van der Waals surface area contributed by atoms with Crippen molar-refractivity contribution in [2.45, 2.75) is 12.8 Å². The molecule has 1 atom stereocenters. The maximum Gasteiger partial charge on any atom is 0.317 e. The Labute approximate surface area is 71.3 Å². The van der Waals surface area contributed by atoms with E-state index in [1.807, 2.05) is 0 Å². The van der Waals surface area contributed by atoms with Gasteiger partial charge in [-0.15, -0.1) is 0 Å². The molecule has 1 saturated heterocycles. The second-order valence-electron chi connectivity index (χ2n) is 2.85. The van der Waals surface area contributed by atoms with Crippen LogP contribution in [0.25, 0.3) is 0 Å². The molecule has 0 amide bonds. The number of carbonyl (C=O) groups excluding carboxylic acids is 2. The van der Waals surface area contributed by atoms with E-state index in [-0.39, 0.29) is 5.78 Å². The second kappa shape index (κ2) is 4.21. The molecule has 1 fully saturated rings. The van der Waals surface area contributed by atoms with Crippen molar-refractivity contribution in [1.82, 2.24) is 5.32 Å². The number of nitrogens with one attached hydrogen (secondary N) is 1. The van der Waals surface area contributed by atoms with Crippen molar-refractivity contribution in [3.05, 3.63) is 0 Å². The summed E-state index contributed by atoms with van der Waals surface area (Å²) >= 11 is 0. The second-order valence-corrected chi connectivity index (χ2v) is 2.85. The monoisotopic (exact) mass is 171 g/mol. The van der Waals surface area contributed by atoms with Gasteiger partial charge in [0.15, 0.2) is 0 Å². The molecule has 0 saturated carbocycles. The number of carbonyl (C=O) groups is 2. The van der Waals surface area contributed by atoms with Crippen LogP contribution in [-0.4, -0.2) is 32.0 Å². The van der Waals surface area contributed by atoms with Gasteiger partial charge in [-0.25, -0.2) is 0 Å². The molecule has 1 N–H and O–H groups in total. The summed E-state index contributed by atoms with van der Waals surface area (Å²) in [5.41, 5.74) is 0. The number of hydrogen-bond acceptors (Lipinski definition) is 4. The Morgan fingerprint density at radius 2 is 2.42 bits per heavy atom. The van der Waals surface area contributed by atoms with E-state index in [4.69, 9.17) is 0 Å². The van der Waals surface area contributed by atoms with Gasteiger partial charge in [0.2, 0.25) is 0 Å². The largest absolute Gasteiger partial charge is 0.468 e. The topological polar surface area (TPSA) is 55.4 Å². The average molecular weight is 171 g/mol. The lowest BCUT2D eigenvalue weighted by Crippen LogP contribution is -2.32. The molecule has 0 aliphatic carbocycles. The predicted molar refractivity (Wildman–Crippen MR) is 42.6 cm³/mol. The number of ether oxygens (including phenoxy) is 1. The Bertz CT molecular complexity index is 191. The molecule has 0 bridgehead atoms. The Balaban J connectivity index is 2.59. The van der Waals surface area contributed by atoms with Gasteiger partial charge in [-0.3, -0.25) is 9.59 Å². The van der Waals surface area contributed by atoms with Gasteiger partial charge in [-0.2, -0.15) is 0 Å². The SMILES string of the molecule is COC(=O)C1CNCCCC1=O. The first kappa shape index (κ1) is 9.19. The molecular formula is C8H13NO3. The van der Waals surface area contributed by atoms with Gasteiger partial charge in [0.1, 0.15) is 11.7 Å². The predicted octanol–water partition coefficient (Wildman–Crippen LogP) is -0.272. The maximum absolute atomic E-state index is 11.3. The third-order valence-corrected chi connectivity index (χ3v) is 2.00. The van der Waals surface area contributed by atoms with Crippen LogP contribution in [0.2, 0.25) is 0 Å². The van der Waals surface area contributed by atoms with Gasteiger partial charge < -0.3 is 10.1 Å². The van der Waals surface area contributed by atoms with Crippen molar-refractivity contribution in [1.29, 1.82) is 0 Å². The highest BCUT2D eigenvalue weighted by atomic mass is 16.5. The van der Waals surface area contributed by atoms with E-state index >= 15 is 0 Å². The van der Waals surface area contributed by atoms with Gasteiger partial charge in [0.05, 0.1) is 7.11 Å². The van der Waals surface area contributed by atoms with Crippen molar-refractivity contribution in [2.75, 3.05) is 20.2 Å². The van der Waals surface area contributed by atoms with Crippen LogP contribution in [0.5, 0.6) is 0 Å². The summed E-state index contributed by atoms with van der Waals surface area (Å²) in [6, 6.07) is 0. The average Bonchev–Trinajstić information content (AvgIpc) is 2.28. The molecule has 1 rings (SSSR count). The highest BCUT2D eigenvalue weighted by Gasteiger charge is 2.27. The molecule has 12 heavy (non-hydrogen) atoms. The lowest BCUT2D eigenvalue weighted by atomic mass is 10.0. The van der Waals surface area contributed by atoms with Crippen molar-refractivity contribution >= 4 is 11.8 Å². The van der Waals surface area contributed by atoms with Crippen molar-refractivity contribution in [2.24, 2.45) is 5.92 Å². The van der Waals surface area contributed by atoms with Crippen LogP contribution in [0.4, 0.5) is 0 Å². The van der Waals surface area contributed by atoms with Gasteiger partial charge in [-0.05, 0) is 13.0 Å². The summed E-state index contributed by atoms with van der Waals surface area (Å²) in [6.07, 6.45) is 1.29. The third-order valence-electron chi connectivity index (χ3n) is 2.00. The van der Waals surface area contributed by atoms with E-state index in [2.05, 4.69) is 10.1 Å². The first-order valence-corrected chi connectivity index (χ1v) is 4.07. The molecule has 0 spiro atoms. The Morgan fingerprint density at radius 1 is 1.67 bits per heavy atom. The van der Waals surface area contributed by atoms with Crippen LogP contribution in [0.3, 0.4) is 0 Å². The first-order valence-electron chi connectivity index (χ1n) is 4.07. The van der Waals surface area contributed by atoms with Gasteiger partial charge in [0, 0.05) is 13.0 Å². The fourth-order valence-corrected chi connectivity index (χ4v) is 1.28. The van der Waals surface area contributed by atoms with Crippen molar-refractivity contribution in [3.8, 4) is 0 Å². The molecule has 4 nitrogen and oxygen atoms in total. The zero-order valence-electron chi connectivity index (χ0n) is 7.13. The van der Waals surface area contributed by atoms with Crippen LogP contribution < -0.4 is 5.32 Å². The number of rotatable bonds is 1. The standard InChI is InChI=1S/C8H13NO3/c1-12-8(11)6-5-9-4-2-3-7(6)10/h6,9H,2-5H2,1H3. The molecule has 0 radical (unpaired) electrons. The zero-order valence-corrected chi connectivity index (χ0v) is 7.13. The van der Waals surface area contributed by atoms with Crippen molar-refractivity contribution in [3.63, 3.8) is 0 Å². The summed E-state index contributed by atoms with van der Waals surface area (Å²) in [5.74, 6) is -1.02. The molecule has 0 aromatic rings. The minimum atomic E-state index is -0.586. The Kier molecular flexibility index (Phi) is 3.22. The molecule has 1 heterocycles. The van der Waals surface area contributed by atoms with Gasteiger partial charge in [-0.1, -0.05) is 0 Å². The molecule has 0 aromatic carbocycles. The number of esters is 1. The highest BCUT2D eigenvalue weighted by Crippen LogP contribution is 2.08. The van der Waals surface area contributed by atoms with E-state index in [0.29, 0.717) is 13.0 Å². The van der Waals surface area contributed by atoms with E-state index in [1.165, 1.54) is 7.11 Å². The Morgan fingerprint density at radius 3 is 3.08 bits per heavy atom. The molecule has 68 valence electrons. The van der Waals surface area contributed by atoms with Crippen LogP contribution in [-0.2, 0) is 14.3 Å². The molecule has 1 unspecified atom stereocenters. The van der Waals surface area contributed by atoms with Crippen LogP contribution in [0, 0.1) is 5.92 Å². The molecular weight excluding hydrogens is 158 g/mol. The molecule has 4 heteroatoms. The normalized spacial score (nSPS) is 24.8. The number of hydrogen-bond donors (Lipinski definition) is 1. The third kappa shape index (κ3) is 2.04. The minimum absolute atomic E-state index is 0.00755. The molecule has 0 aromatic heterocycles. The summed E-state index contributed by atoms with van der Waals surface area (Å²) < 4.78 is 4.52. The van der Waals surface area contributed by atoms with Crippen LogP contribution in [0.1, 0.15) is 12.8 Å². The Hall–Kier alpha value is -0.900. The molecule has 1 aliphatic heterocycles. The summed E-state index contributed by atoms with van der Waals surface area (Å²) in [4.78, 5) is 22.3. The van der Waals surface area contributed by atoms with Crippen LogP contribution in [0.15, 0.2) is 0 Å². The summed E-state index contributed by atoms with van der Waals surface area (Å²) in [5, 5.41) is 3.02. The quantitative estimate of drug-likeness (QED) is 0.436.